The number of carbonyl (C=O) groups excluding carboxylic acids is 2. The Balaban J connectivity index is 1.67. The maximum absolute atomic E-state index is 14.1. The minimum absolute atomic E-state index is 0.0579. The number of benzene rings is 1. The van der Waals surface area contributed by atoms with Crippen molar-refractivity contribution < 1.29 is 14.0 Å². The standard InChI is InChI=1S/C21H22FN3O2S/c1-2-23-9-11-24(12-10-23)19-18(17-8-5-13-28-17)20(26)25(21(19)27)14-15-6-3-4-7-16(15)22/h3-8,13H,2,9-12,14H2,1H3. The van der Waals surface area contributed by atoms with Gasteiger partial charge in [-0.3, -0.25) is 14.5 Å². The smallest absolute Gasteiger partial charge is 0.278 e. The maximum Gasteiger partial charge on any atom is 0.278 e. The Morgan fingerprint density at radius 3 is 2.39 bits per heavy atom. The van der Waals surface area contributed by atoms with Gasteiger partial charge in [0, 0.05) is 36.6 Å². The topological polar surface area (TPSA) is 43.9 Å². The molecule has 0 saturated carbocycles. The van der Waals surface area contributed by atoms with Crippen LogP contribution in [0.2, 0.25) is 0 Å². The lowest BCUT2D eigenvalue weighted by Crippen LogP contribution is -2.47. The lowest BCUT2D eigenvalue weighted by Gasteiger charge is -2.35. The second-order valence-electron chi connectivity index (χ2n) is 6.91. The molecule has 2 aliphatic rings. The number of likely N-dealkylation sites (N-methyl/N-ethyl adjacent to an activating group) is 1. The summed E-state index contributed by atoms with van der Waals surface area (Å²) in [4.78, 5) is 32.8. The monoisotopic (exact) mass is 399 g/mol. The van der Waals surface area contributed by atoms with Gasteiger partial charge in [0.25, 0.3) is 11.8 Å². The molecule has 146 valence electrons. The summed E-state index contributed by atoms with van der Waals surface area (Å²) in [6, 6.07) is 10.00. The van der Waals surface area contributed by atoms with Crippen LogP contribution in [0.15, 0.2) is 47.5 Å². The predicted molar refractivity (Wildman–Crippen MR) is 107 cm³/mol. The predicted octanol–water partition coefficient (Wildman–Crippen LogP) is 2.80. The van der Waals surface area contributed by atoms with Crippen LogP contribution in [-0.2, 0) is 16.1 Å². The molecule has 0 spiro atoms. The van der Waals surface area contributed by atoms with Gasteiger partial charge in [0.2, 0.25) is 0 Å². The minimum Gasteiger partial charge on any atom is -0.364 e. The molecular formula is C21H22FN3O2S. The van der Waals surface area contributed by atoms with Crippen molar-refractivity contribution >= 4 is 28.7 Å². The molecule has 1 saturated heterocycles. The van der Waals surface area contributed by atoms with Gasteiger partial charge in [-0.05, 0) is 24.1 Å². The normalized spacial score (nSPS) is 18.5. The fraction of sp³-hybridized carbons (Fsp3) is 0.333. The number of carbonyl (C=O) groups is 2. The van der Waals surface area contributed by atoms with E-state index in [1.54, 1.807) is 18.2 Å². The van der Waals surface area contributed by atoms with Crippen molar-refractivity contribution in [1.29, 1.82) is 0 Å². The highest BCUT2D eigenvalue weighted by molar-refractivity contribution is 7.11. The summed E-state index contributed by atoms with van der Waals surface area (Å²) in [7, 11) is 0. The average molecular weight is 399 g/mol. The number of amides is 2. The number of nitrogens with zero attached hydrogens (tertiary/aromatic N) is 3. The van der Waals surface area contributed by atoms with Crippen LogP contribution in [0.5, 0.6) is 0 Å². The first kappa shape index (κ1) is 18.8. The molecule has 0 radical (unpaired) electrons. The lowest BCUT2D eigenvalue weighted by atomic mass is 10.1. The highest BCUT2D eigenvalue weighted by Gasteiger charge is 2.42. The van der Waals surface area contributed by atoms with E-state index in [0.717, 1.165) is 24.5 Å². The van der Waals surface area contributed by atoms with E-state index in [0.29, 0.717) is 29.9 Å². The first-order chi connectivity index (χ1) is 13.6. The molecule has 1 aromatic heterocycles. The number of imide groups is 1. The first-order valence-corrected chi connectivity index (χ1v) is 10.3. The highest BCUT2D eigenvalue weighted by atomic mass is 32.1. The molecule has 0 unspecified atom stereocenters. The Morgan fingerprint density at radius 1 is 1.00 bits per heavy atom. The molecular weight excluding hydrogens is 377 g/mol. The maximum atomic E-state index is 14.1. The Labute approximate surface area is 167 Å². The molecule has 28 heavy (non-hydrogen) atoms. The van der Waals surface area contributed by atoms with Crippen LogP contribution in [0.1, 0.15) is 17.4 Å². The molecule has 7 heteroatoms. The van der Waals surface area contributed by atoms with Gasteiger partial charge in [0.05, 0.1) is 12.1 Å². The molecule has 2 aromatic rings. The van der Waals surface area contributed by atoms with Gasteiger partial charge in [0.1, 0.15) is 11.5 Å². The molecule has 2 amide bonds. The number of rotatable bonds is 5. The summed E-state index contributed by atoms with van der Waals surface area (Å²) in [6.07, 6.45) is 0. The molecule has 1 aromatic carbocycles. The zero-order valence-corrected chi connectivity index (χ0v) is 16.5. The summed E-state index contributed by atoms with van der Waals surface area (Å²) >= 11 is 1.44. The quantitative estimate of drug-likeness (QED) is 0.726. The molecule has 5 nitrogen and oxygen atoms in total. The second kappa shape index (κ2) is 7.85. The van der Waals surface area contributed by atoms with E-state index in [9.17, 15) is 14.0 Å². The van der Waals surface area contributed by atoms with E-state index in [1.807, 2.05) is 22.4 Å². The Morgan fingerprint density at radius 2 is 1.75 bits per heavy atom. The summed E-state index contributed by atoms with van der Waals surface area (Å²) in [5.74, 6) is -1.09. The fourth-order valence-corrected chi connectivity index (χ4v) is 4.49. The van der Waals surface area contributed by atoms with Gasteiger partial charge in [-0.25, -0.2) is 4.39 Å². The van der Waals surface area contributed by atoms with Crippen molar-refractivity contribution in [3.05, 3.63) is 63.7 Å². The average Bonchev–Trinajstić information content (AvgIpc) is 3.32. The summed E-state index contributed by atoms with van der Waals surface area (Å²) in [5.41, 5.74) is 1.24. The molecule has 0 aliphatic carbocycles. The molecule has 2 aliphatic heterocycles. The van der Waals surface area contributed by atoms with Gasteiger partial charge >= 0.3 is 0 Å². The van der Waals surface area contributed by atoms with Crippen LogP contribution in [-0.4, -0.2) is 59.2 Å². The van der Waals surface area contributed by atoms with Gasteiger partial charge in [-0.15, -0.1) is 11.3 Å². The van der Waals surface area contributed by atoms with Crippen molar-refractivity contribution in [2.24, 2.45) is 0 Å². The van der Waals surface area contributed by atoms with Gasteiger partial charge < -0.3 is 9.80 Å². The Kier molecular flexibility index (Phi) is 5.28. The van der Waals surface area contributed by atoms with Gasteiger partial charge in [-0.2, -0.15) is 0 Å². The molecule has 3 heterocycles. The number of hydrogen-bond acceptors (Lipinski definition) is 5. The molecule has 4 rings (SSSR count). The number of piperazine rings is 1. The van der Waals surface area contributed by atoms with E-state index in [4.69, 9.17) is 0 Å². The van der Waals surface area contributed by atoms with E-state index < -0.39 is 5.82 Å². The summed E-state index contributed by atoms with van der Waals surface area (Å²) in [5, 5.41) is 1.90. The third kappa shape index (κ3) is 3.36. The van der Waals surface area contributed by atoms with Crippen LogP contribution in [0.25, 0.3) is 5.57 Å². The van der Waals surface area contributed by atoms with Crippen LogP contribution < -0.4 is 0 Å². The number of halogens is 1. The minimum atomic E-state index is -0.411. The Hall–Kier alpha value is -2.51. The van der Waals surface area contributed by atoms with Crippen LogP contribution in [0.4, 0.5) is 4.39 Å². The Bertz CT molecular complexity index is 917. The SMILES string of the molecule is CCN1CCN(C2=C(c3cccs3)C(=O)N(Cc3ccccc3F)C2=O)CC1. The van der Waals surface area contributed by atoms with Crippen molar-refractivity contribution in [1.82, 2.24) is 14.7 Å². The summed E-state index contributed by atoms with van der Waals surface area (Å²) in [6.45, 7) is 6.13. The van der Waals surface area contributed by atoms with Crippen molar-refractivity contribution in [2.75, 3.05) is 32.7 Å². The first-order valence-electron chi connectivity index (χ1n) is 9.45. The summed E-state index contributed by atoms with van der Waals surface area (Å²) < 4.78 is 14.1. The van der Waals surface area contributed by atoms with E-state index >= 15 is 0 Å². The zero-order valence-electron chi connectivity index (χ0n) is 15.7. The van der Waals surface area contributed by atoms with Crippen molar-refractivity contribution in [3.8, 4) is 0 Å². The lowest BCUT2D eigenvalue weighted by molar-refractivity contribution is -0.138. The van der Waals surface area contributed by atoms with E-state index in [-0.39, 0.29) is 18.4 Å². The molecule has 0 N–H and O–H groups in total. The van der Waals surface area contributed by atoms with E-state index in [2.05, 4.69) is 11.8 Å². The molecule has 0 atom stereocenters. The van der Waals surface area contributed by atoms with Crippen molar-refractivity contribution in [2.45, 2.75) is 13.5 Å². The number of thiophene rings is 1. The van der Waals surface area contributed by atoms with Gasteiger partial charge in [-0.1, -0.05) is 31.2 Å². The zero-order chi connectivity index (χ0) is 19.7. The van der Waals surface area contributed by atoms with Crippen molar-refractivity contribution in [3.63, 3.8) is 0 Å². The second-order valence-corrected chi connectivity index (χ2v) is 7.86. The van der Waals surface area contributed by atoms with Gasteiger partial charge in [0.15, 0.2) is 0 Å². The fourth-order valence-electron chi connectivity index (χ4n) is 3.73. The van der Waals surface area contributed by atoms with Crippen LogP contribution in [0.3, 0.4) is 0 Å². The van der Waals surface area contributed by atoms with Crippen LogP contribution in [0, 0.1) is 5.82 Å². The molecule has 0 bridgehead atoms. The van der Waals surface area contributed by atoms with Crippen LogP contribution >= 0.6 is 11.3 Å². The third-order valence-electron chi connectivity index (χ3n) is 5.33. The molecule has 1 fully saturated rings. The number of hydrogen-bond donors (Lipinski definition) is 0. The highest BCUT2D eigenvalue weighted by Crippen LogP contribution is 2.35. The third-order valence-corrected chi connectivity index (χ3v) is 6.22. The largest absolute Gasteiger partial charge is 0.364 e. The van der Waals surface area contributed by atoms with E-state index in [1.165, 1.54) is 22.3 Å².